The van der Waals surface area contributed by atoms with Crippen molar-refractivity contribution < 1.29 is 14.7 Å². The smallest absolute Gasteiger partial charge is 0.251 e. The lowest BCUT2D eigenvalue weighted by atomic mass is 9.86. The molecule has 0 radical (unpaired) electrons. The van der Waals surface area contributed by atoms with Crippen LogP contribution >= 0.6 is 0 Å². The third-order valence-corrected chi connectivity index (χ3v) is 4.59. The Labute approximate surface area is 164 Å². The van der Waals surface area contributed by atoms with Crippen LogP contribution in [-0.2, 0) is 9.59 Å². The van der Waals surface area contributed by atoms with E-state index in [0.29, 0.717) is 6.42 Å². The van der Waals surface area contributed by atoms with Crippen molar-refractivity contribution in [1.82, 2.24) is 26.8 Å². The molecular formula is C19H41N5O3. The summed E-state index contributed by atoms with van der Waals surface area (Å²) in [6.45, 7) is 13.9. The van der Waals surface area contributed by atoms with Crippen LogP contribution in [0.25, 0.3) is 0 Å². The second kappa shape index (κ2) is 10.9. The highest BCUT2D eigenvalue weighted by molar-refractivity contribution is 5.83. The second-order valence-electron chi connectivity index (χ2n) is 9.14. The summed E-state index contributed by atoms with van der Waals surface area (Å²) in [7, 11) is 3.48. The third kappa shape index (κ3) is 8.55. The van der Waals surface area contributed by atoms with Crippen LogP contribution in [0.4, 0.5) is 0 Å². The van der Waals surface area contributed by atoms with Gasteiger partial charge in [0.2, 0.25) is 5.91 Å². The molecule has 0 rings (SSSR count). The van der Waals surface area contributed by atoms with Crippen molar-refractivity contribution in [3.05, 3.63) is 0 Å². The third-order valence-electron chi connectivity index (χ3n) is 4.59. The van der Waals surface area contributed by atoms with E-state index in [2.05, 4.69) is 26.8 Å². The molecule has 0 aliphatic heterocycles. The van der Waals surface area contributed by atoms with Crippen LogP contribution in [0, 0.1) is 10.8 Å². The molecule has 0 aromatic carbocycles. The van der Waals surface area contributed by atoms with E-state index < -0.39 is 12.1 Å². The summed E-state index contributed by atoms with van der Waals surface area (Å²) >= 11 is 0. The summed E-state index contributed by atoms with van der Waals surface area (Å²) in [5.41, 5.74) is 4.91. The highest BCUT2D eigenvalue weighted by atomic mass is 16.3. The number of hydrogen-bond donors (Lipinski definition) is 6. The molecule has 0 aromatic rings. The van der Waals surface area contributed by atoms with Gasteiger partial charge in [0.25, 0.3) is 5.91 Å². The van der Waals surface area contributed by atoms with E-state index >= 15 is 0 Å². The first-order chi connectivity index (χ1) is 12.3. The number of rotatable bonds is 10. The maximum atomic E-state index is 12.5. The lowest BCUT2D eigenvalue weighted by Crippen LogP contribution is -2.58. The first kappa shape index (κ1) is 25.8. The first-order valence-electron chi connectivity index (χ1n) is 9.65. The summed E-state index contributed by atoms with van der Waals surface area (Å²) in [4.78, 5) is 24.8. The Morgan fingerprint density at radius 3 is 1.70 bits per heavy atom. The molecule has 2 amide bonds. The van der Waals surface area contributed by atoms with Crippen LogP contribution in [0.15, 0.2) is 0 Å². The number of aliphatic hydroxyl groups excluding tert-OH is 1. The SMILES string of the molecule is CCC(NC(=O)C(NC)C(C)(C)C)C(O)CNNC(=O)C(NC)C(C)(C)C. The van der Waals surface area contributed by atoms with Crippen molar-refractivity contribution in [1.29, 1.82) is 0 Å². The van der Waals surface area contributed by atoms with E-state index in [-0.39, 0.29) is 41.3 Å². The van der Waals surface area contributed by atoms with Gasteiger partial charge in [0, 0.05) is 6.54 Å². The van der Waals surface area contributed by atoms with Crippen molar-refractivity contribution in [3.63, 3.8) is 0 Å². The zero-order valence-corrected chi connectivity index (χ0v) is 18.5. The standard InChI is InChI=1S/C19H41N5O3/c1-10-12(23-16(26)14(20-8)18(2,3)4)13(25)11-22-24-17(27)15(21-9)19(5,6)7/h12-15,20-22,25H,10-11H2,1-9H3,(H,23,26)(H,24,27). The molecule has 0 saturated heterocycles. The van der Waals surface area contributed by atoms with E-state index in [1.54, 1.807) is 14.1 Å². The maximum absolute atomic E-state index is 12.5. The first-order valence-corrected chi connectivity index (χ1v) is 9.65. The topological polar surface area (TPSA) is 115 Å². The molecule has 0 heterocycles. The van der Waals surface area contributed by atoms with Crippen molar-refractivity contribution in [2.45, 2.75) is 79.1 Å². The van der Waals surface area contributed by atoms with Crippen LogP contribution in [0.3, 0.4) is 0 Å². The minimum absolute atomic E-state index is 0.130. The Hall–Kier alpha value is -1.22. The predicted octanol–water partition coefficient (Wildman–Crippen LogP) is 0.131. The molecular weight excluding hydrogens is 346 g/mol. The van der Waals surface area contributed by atoms with Crippen LogP contribution in [0.1, 0.15) is 54.9 Å². The van der Waals surface area contributed by atoms with Gasteiger partial charge in [-0.2, -0.15) is 0 Å². The van der Waals surface area contributed by atoms with Gasteiger partial charge < -0.3 is 21.1 Å². The molecule has 0 bridgehead atoms. The fraction of sp³-hybridized carbons (Fsp3) is 0.895. The van der Waals surface area contributed by atoms with E-state index in [1.165, 1.54) is 0 Å². The number of hydrazine groups is 1. The van der Waals surface area contributed by atoms with Crippen molar-refractivity contribution in [2.75, 3.05) is 20.6 Å². The van der Waals surface area contributed by atoms with Gasteiger partial charge >= 0.3 is 0 Å². The molecule has 0 saturated carbocycles. The van der Waals surface area contributed by atoms with E-state index in [4.69, 9.17) is 0 Å². The van der Waals surface area contributed by atoms with Crippen LogP contribution < -0.4 is 26.8 Å². The van der Waals surface area contributed by atoms with Gasteiger partial charge in [0.1, 0.15) is 0 Å². The Kier molecular flexibility index (Phi) is 10.5. The number of carbonyl (C=O) groups excluding carboxylic acids is 2. The van der Waals surface area contributed by atoms with E-state index in [9.17, 15) is 14.7 Å². The minimum atomic E-state index is -0.834. The van der Waals surface area contributed by atoms with E-state index in [0.717, 1.165) is 0 Å². The monoisotopic (exact) mass is 387 g/mol. The molecule has 160 valence electrons. The molecule has 4 atom stereocenters. The molecule has 27 heavy (non-hydrogen) atoms. The van der Waals surface area contributed by atoms with Gasteiger partial charge in [0.15, 0.2) is 0 Å². The molecule has 0 aliphatic rings. The lowest BCUT2D eigenvalue weighted by Gasteiger charge is -2.32. The molecule has 0 spiro atoms. The van der Waals surface area contributed by atoms with Gasteiger partial charge in [-0.3, -0.25) is 15.0 Å². The molecule has 0 aliphatic carbocycles. The largest absolute Gasteiger partial charge is 0.390 e. The number of likely N-dealkylation sites (N-methyl/N-ethyl adjacent to an activating group) is 2. The number of amides is 2. The average molecular weight is 388 g/mol. The normalized spacial score (nSPS) is 17.0. The molecule has 8 nitrogen and oxygen atoms in total. The lowest BCUT2D eigenvalue weighted by molar-refractivity contribution is -0.128. The zero-order valence-electron chi connectivity index (χ0n) is 18.5. The van der Waals surface area contributed by atoms with Crippen molar-refractivity contribution in [3.8, 4) is 0 Å². The fourth-order valence-corrected chi connectivity index (χ4v) is 3.11. The number of nitrogens with one attached hydrogen (secondary N) is 5. The highest BCUT2D eigenvalue weighted by Gasteiger charge is 2.32. The molecule has 0 fully saturated rings. The summed E-state index contributed by atoms with van der Waals surface area (Å²) < 4.78 is 0. The fourth-order valence-electron chi connectivity index (χ4n) is 3.11. The molecule has 4 unspecified atom stereocenters. The molecule has 6 N–H and O–H groups in total. The quantitative estimate of drug-likeness (QED) is 0.297. The molecule has 8 heteroatoms. The minimum Gasteiger partial charge on any atom is -0.390 e. The van der Waals surface area contributed by atoms with Gasteiger partial charge in [-0.25, -0.2) is 5.43 Å². The summed E-state index contributed by atoms with van der Waals surface area (Å²) in [5, 5.41) is 19.3. The van der Waals surface area contributed by atoms with Crippen LogP contribution in [-0.4, -0.2) is 61.8 Å². The Morgan fingerprint density at radius 2 is 1.33 bits per heavy atom. The average Bonchev–Trinajstić information content (AvgIpc) is 2.50. The Bertz CT molecular complexity index is 471. The summed E-state index contributed by atoms with van der Waals surface area (Å²) in [5.74, 6) is -0.347. The summed E-state index contributed by atoms with van der Waals surface area (Å²) in [6.07, 6.45) is -0.260. The van der Waals surface area contributed by atoms with Gasteiger partial charge in [0.05, 0.1) is 24.2 Å². The maximum Gasteiger partial charge on any atom is 0.251 e. The van der Waals surface area contributed by atoms with Crippen LogP contribution in [0.2, 0.25) is 0 Å². The van der Waals surface area contributed by atoms with Gasteiger partial charge in [-0.05, 0) is 31.3 Å². The predicted molar refractivity (Wildman–Crippen MR) is 109 cm³/mol. The zero-order chi connectivity index (χ0) is 21.4. The van der Waals surface area contributed by atoms with Crippen molar-refractivity contribution in [2.24, 2.45) is 10.8 Å². The summed E-state index contributed by atoms with van der Waals surface area (Å²) in [6, 6.07) is -1.15. The Morgan fingerprint density at radius 1 is 0.889 bits per heavy atom. The number of hydrogen-bond acceptors (Lipinski definition) is 6. The second-order valence-corrected chi connectivity index (χ2v) is 9.14. The molecule has 0 aromatic heterocycles. The van der Waals surface area contributed by atoms with Crippen molar-refractivity contribution >= 4 is 11.8 Å². The van der Waals surface area contributed by atoms with Gasteiger partial charge in [-0.15, -0.1) is 0 Å². The number of carbonyl (C=O) groups is 2. The Balaban J connectivity index is 4.67. The number of aliphatic hydroxyl groups is 1. The van der Waals surface area contributed by atoms with Crippen LogP contribution in [0.5, 0.6) is 0 Å². The van der Waals surface area contributed by atoms with E-state index in [1.807, 2.05) is 48.5 Å². The highest BCUT2D eigenvalue weighted by Crippen LogP contribution is 2.20. The van der Waals surface area contributed by atoms with Gasteiger partial charge in [-0.1, -0.05) is 48.5 Å².